The molecule has 0 aromatic carbocycles. The van der Waals surface area contributed by atoms with Crippen LogP contribution in [0.2, 0.25) is 0 Å². The lowest BCUT2D eigenvalue weighted by atomic mass is 9.81. The van der Waals surface area contributed by atoms with Crippen LogP contribution in [-0.2, 0) is 4.79 Å². The van der Waals surface area contributed by atoms with Crippen molar-refractivity contribution < 1.29 is 4.79 Å². The molecule has 1 saturated heterocycles. The lowest BCUT2D eigenvalue weighted by Crippen LogP contribution is -2.37. The first-order valence-electron chi connectivity index (χ1n) is 7.68. The standard InChI is InChI=1S/C15H28N2O/c1-11-4-3-5-13(10-11)6-8-17-15(18)14-7-9-16-12(14)2/h11-14,16H,3-10H2,1-2H3,(H,17,18). The molecule has 0 radical (unpaired) electrons. The number of carbonyl (C=O) groups excluding carboxylic acids is 1. The Kier molecular flexibility index (Phi) is 5.04. The largest absolute Gasteiger partial charge is 0.356 e. The summed E-state index contributed by atoms with van der Waals surface area (Å²) in [6.45, 7) is 6.33. The molecule has 1 aliphatic heterocycles. The van der Waals surface area contributed by atoms with Gasteiger partial charge in [0, 0.05) is 12.6 Å². The van der Waals surface area contributed by atoms with Crippen molar-refractivity contribution in [2.45, 2.75) is 58.4 Å². The highest BCUT2D eigenvalue weighted by molar-refractivity contribution is 5.79. The van der Waals surface area contributed by atoms with Crippen LogP contribution in [0.1, 0.15) is 52.4 Å². The van der Waals surface area contributed by atoms with Crippen molar-refractivity contribution in [3.05, 3.63) is 0 Å². The summed E-state index contributed by atoms with van der Waals surface area (Å²) >= 11 is 0. The summed E-state index contributed by atoms with van der Waals surface area (Å²) < 4.78 is 0. The van der Waals surface area contributed by atoms with Gasteiger partial charge >= 0.3 is 0 Å². The molecule has 0 spiro atoms. The monoisotopic (exact) mass is 252 g/mol. The Hall–Kier alpha value is -0.570. The molecule has 0 aromatic rings. The Morgan fingerprint density at radius 3 is 2.78 bits per heavy atom. The van der Waals surface area contributed by atoms with Gasteiger partial charge in [0.1, 0.15) is 0 Å². The van der Waals surface area contributed by atoms with Gasteiger partial charge in [0.2, 0.25) is 5.91 Å². The van der Waals surface area contributed by atoms with Crippen LogP contribution in [0.15, 0.2) is 0 Å². The van der Waals surface area contributed by atoms with E-state index in [1.165, 1.54) is 32.1 Å². The van der Waals surface area contributed by atoms with Gasteiger partial charge in [-0.2, -0.15) is 0 Å². The highest BCUT2D eigenvalue weighted by atomic mass is 16.1. The molecule has 0 aromatic heterocycles. The molecule has 4 atom stereocenters. The first-order chi connectivity index (χ1) is 8.66. The Morgan fingerprint density at radius 2 is 2.11 bits per heavy atom. The Bertz CT molecular complexity index is 280. The third kappa shape index (κ3) is 3.71. The maximum absolute atomic E-state index is 12.0. The van der Waals surface area contributed by atoms with Crippen LogP contribution in [0.3, 0.4) is 0 Å². The van der Waals surface area contributed by atoms with Crippen molar-refractivity contribution in [2.24, 2.45) is 17.8 Å². The van der Waals surface area contributed by atoms with E-state index in [4.69, 9.17) is 0 Å². The SMILES string of the molecule is CC1CCCC(CCNC(=O)C2CCNC2C)C1. The fourth-order valence-corrected chi connectivity index (χ4v) is 3.57. The minimum absolute atomic E-state index is 0.190. The van der Waals surface area contributed by atoms with Gasteiger partial charge in [0.15, 0.2) is 0 Å². The van der Waals surface area contributed by atoms with Crippen LogP contribution in [0, 0.1) is 17.8 Å². The zero-order valence-corrected chi connectivity index (χ0v) is 11.9. The predicted molar refractivity (Wildman–Crippen MR) is 74.3 cm³/mol. The van der Waals surface area contributed by atoms with Crippen molar-refractivity contribution in [1.82, 2.24) is 10.6 Å². The van der Waals surface area contributed by atoms with Crippen LogP contribution in [0.25, 0.3) is 0 Å². The minimum Gasteiger partial charge on any atom is -0.356 e. The molecular weight excluding hydrogens is 224 g/mol. The van der Waals surface area contributed by atoms with Crippen molar-refractivity contribution in [1.29, 1.82) is 0 Å². The maximum Gasteiger partial charge on any atom is 0.224 e. The highest BCUT2D eigenvalue weighted by Gasteiger charge is 2.29. The quantitative estimate of drug-likeness (QED) is 0.806. The predicted octanol–water partition coefficient (Wildman–Crippen LogP) is 2.32. The molecule has 2 rings (SSSR count). The van der Waals surface area contributed by atoms with Gasteiger partial charge in [-0.05, 0) is 44.6 Å². The van der Waals surface area contributed by atoms with E-state index >= 15 is 0 Å². The number of hydrogen-bond acceptors (Lipinski definition) is 2. The summed E-state index contributed by atoms with van der Waals surface area (Å²) in [6, 6.07) is 0.347. The van der Waals surface area contributed by atoms with Crippen molar-refractivity contribution in [3.63, 3.8) is 0 Å². The third-order valence-electron chi connectivity index (χ3n) is 4.76. The second kappa shape index (κ2) is 6.55. The van der Waals surface area contributed by atoms with E-state index in [1.807, 2.05) is 0 Å². The van der Waals surface area contributed by atoms with E-state index in [1.54, 1.807) is 0 Å². The molecular formula is C15H28N2O. The van der Waals surface area contributed by atoms with Gasteiger partial charge < -0.3 is 10.6 Å². The molecule has 1 saturated carbocycles. The molecule has 4 unspecified atom stereocenters. The number of carbonyl (C=O) groups is 1. The second-order valence-corrected chi connectivity index (χ2v) is 6.36. The summed E-state index contributed by atoms with van der Waals surface area (Å²) in [5.74, 6) is 2.18. The van der Waals surface area contributed by atoms with Crippen molar-refractivity contribution in [2.75, 3.05) is 13.1 Å². The number of hydrogen-bond donors (Lipinski definition) is 2. The Morgan fingerprint density at radius 1 is 1.28 bits per heavy atom. The first-order valence-corrected chi connectivity index (χ1v) is 7.68. The molecule has 0 bridgehead atoms. The Labute approximate surface area is 111 Å². The molecule has 1 heterocycles. The van der Waals surface area contributed by atoms with Crippen molar-refractivity contribution >= 4 is 5.91 Å². The summed E-state index contributed by atoms with van der Waals surface area (Å²) in [5.41, 5.74) is 0. The van der Waals surface area contributed by atoms with Gasteiger partial charge in [0.05, 0.1) is 5.92 Å². The zero-order valence-electron chi connectivity index (χ0n) is 11.9. The van der Waals surface area contributed by atoms with Gasteiger partial charge in [-0.25, -0.2) is 0 Å². The minimum atomic E-state index is 0.190. The maximum atomic E-state index is 12.0. The second-order valence-electron chi connectivity index (χ2n) is 6.36. The molecule has 3 heteroatoms. The average Bonchev–Trinajstić information content (AvgIpc) is 2.75. The molecule has 1 amide bonds. The summed E-state index contributed by atoms with van der Waals surface area (Å²) in [6.07, 6.45) is 7.66. The zero-order chi connectivity index (χ0) is 13.0. The first kappa shape index (κ1) is 13.9. The fraction of sp³-hybridized carbons (Fsp3) is 0.933. The van der Waals surface area contributed by atoms with E-state index in [0.29, 0.717) is 6.04 Å². The number of rotatable bonds is 4. The lowest BCUT2D eigenvalue weighted by Gasteiger charge is -2.27. The fourth-order valence-electron chi connectivity index (χ4n) is 3.57. The molecule has 104 valence electrons. The molecule has 1 aliphatic carbocycles. The Balaban J connectivity index is 1.64. The average molecular weight is 252 g/mol. The van der Waals surface area contributed by atoms with Gasteiger partial charge in [-0.15, -0.1) is 0 Å². The molecule has 18 heavy (non-hydrogen) atoms. The van der Waals surface area contributed by atoms with Crippen LogP contribution >= 0.6 is 0 Å². The van der Waals surface area contributed by atoms with Crippen LogP contribution in [0.5, 0.6) is 0 Å². The molecule has 2 N–H and O–H groups in total. The number of amides is 1. The summed E-state index contributed by atoms with van der Waals surface area (Å²) in [4.78, 5) is 12.0. The van der Waals surface area contributed by atoms with E-state index in [0.717, 1.165) is 31.3 Å². The molecule has 2 aliphatic rings. The summed E-state index contributed by atoms with van der Waals surface area (Å²) in [5, 5.41) is 6.47. The molecule has 3 nitrogen and oxygen atoms in total. The van der Waals surface area contributed by atoms with Crippen molar-refractivity contribution in [3.8, 4) is 0 Å². The normalized spacial score (nSPS) is 36.6. The van der Waals surface area contributed by atoms with E-state index < -0.39 is 0 Å². The van der Waals surface area contributed by atoms with Crippen LogP contribution in [0.4, 0.5) is 0 Å². The van der Waals surface area contributed by atoms with Gasteiger partial charge in [-0.1, -0.05) is 26.2 Å². The van der Waals surface area contributed by atoms with Crippen LogP contribution in [-0.4, -0.2) is 25.0 Å². The van der Waals surface area contributed by atoms with Gasteiger partial charge in [-0.3, -0.25) is 4.79 Å². The summed E-state index contributed by atoms with van der Waals surface area (Å²) in [7, 11) is 0. The van der Waals surface area contributed by atoms with Crippen LogP contribution < -0.4 is 10.6 Å². The van der Waals surface area contributed by atoms with E-state index in [2.05, 4.69) is 24.5 Å². The van der Waals surface area contributed by atoms with E-state index in [9.17, 15) is 4.79 Å². The topological polar surface area (TPSA) is 41.1 Å². The van der Waals surface area contributed by atoms with E-state index in [-0.39, 0.29) is 11.8 Å². The highest BCUT2D eigenvalue weighted by Crippen LogP contribution is 2.30. The third-order valence-corrected chi connectivity index (χ3v) is 4.76. The lowest BCUT2D eigenvalue weighted by molar-refractivity contribution is -0.125. The smallest absolute Gasteiger partial charge is 0.224 e. The molecule has 2 fully saturated rings. The van der Waals surface area contributed by atoms with Gasteiger partial charge in [0.25, 0.3) is 0 Å². The number of nitrogens with one attached hydrogen (secondary N) is 2.